The summed E-state index contributed by atoms with van der Waals surface area (Å²) in [4.78, 5) is 22.1. The van der Waals surface area contributed by atoms with Crippen molar-refractivity contribution in [3.63, 3.8) is 0 Å². The molecule has 7 heteroatoms. The maximum Gasteiger partial charge on any atom is 0.240 e. The molecular weight excluding hydrogens is 340 g/mol. The fraction of sp³-hybridized carbons (Fsp3) is 0.500. The van der Waals surface area contributed by atoms with E-state index in [-0.39, 0.29) is 24.4 Å². The van der Waals surface area contributed by atoms with Crippen molar-refractivity contribution < 1.29 is 4.79 Å². The lowest BCUT2D eigenvalue weighted by Crippen LogP contribution is -2.34. The highest BCUT2D eigenvalue weighted by atomic mass is 16.2. The van der Waals surface area contributed by atoms with Crippen LogP contribution in [0.5, 0.6) is 0 Å². The van der Waals surface area contributed by atoms with E-state index in [0.717, 1.165) is 42.1 Å². The van der Waals surface area contributed by atoms with Gasteiger partial charge in [0.25, 0.3) is 0 Å². The van der Waals surface area contributed by atoms with Gasteiger partial charge in [0.15, 0.2) is 0 Å². The van der Waals surface area contributed by atoms with Crippen molar-refractivity contribution in [1.29, 1.82) is 0 Å². The molecule has 0 radical (unpaired) electrons. The van der Waals surface area contributed by atoms with Gasteiger partial charge in [0.1, 0.15) is 24.5 Å². The summed E-state index contributed by atoms with van der Waals surface area (Å²) >= 11 is 0. The Morgan fingerprint density at radius 3 is 2.74 bits per heavy atom. The van der Waals surface area contributed by atoms with Crippen molar-refractivity contribution in [1.82, 2.24) is 29.6 Å². The van der Waals surface area contributed by atoms with Crippen LogP contribution in [0.1, 0.15) is 57.2 Å². The van der Waals surface area contributed by atoms with E-state index in [1.165, 1.54) is 0 Å². The summed E-state index contributed by atoms with van der Waals surface area (Å²) < 4.78 is 3.90. The Labute approximate surface area is 158 Å². The largest absolute Gasteiger partial charge is 0.344 e. The average Bonchev–Trinajstić information content (AvgIpc) is 3.27. The van der Waals surface area contributed by atoms with E-state index in [4.69, 9.17) is 4.98 Å². The predicted molar refractivity (Wildman–Crippen MR) is 103 cm³/mol. The number of hydrogen-bond donors (Lipinski definition) is 1. The number of carbonyl (C=O) groups is 1. The fourth-order valence-corrected chi connectivity index (χ4v) is 3.64. The lowest BCUT2D eigenvalue weighted by Gasteiger charge is -2.19. The van der Waals surface area contributed by atoms with Crippen molar-refractivity contribution in [3.05, 3.63) is 42.2 Å². The minimum atomic E-state index is -0.0720. The van der Waals surface area contributed by atoms with Gasteiger partial charge in [-0.15, -0.1) is 0 Å². The topological polar surface area (TPSA) is 77.6 Å². The zero-order chi connectivity index (χ0) is 19.0. The van der Waals surface area contributed by atoms with Gasteiger partial charge in [-0.2, -0.15) is 5.10 Å². The molecule has 1 aliphatic carbocycles. The quantitative estimate of drug-likeness (QED) is 0.697. The third-order valence-corrected chi connectivity index (χ3v) is 5.14. The van der Waals surface area contributed by atoms with Crippen molar-refractivity contribution in [2.45, 2.75) is 58.7 Å². The van der Waals surface area contributed by atoms with E-state index in [1.54, 1.807) is 6.33 Å². The van der Waals surface area contributed by atoms with E-state index < -0.39 is 0 Å². The molecule has 2 aromatic heterocycles. The van der Waals surface area contributed by atoms with Gasteiger partial charge < -0.3 is 9.88 Å². The molecule has 0 spiro atoms. The number of aromatic nitrogens is 5. The highest BCUT2D eigenvalue weighted by molar-refractivity contribution is 5.81. The predicted octanol–water partition coefficient (Wildman–Crippen LogP) is 3.04. The average molecular weight is 366 g/mol. The summed E-state index contributed by atoms with van der Waals surface area (Å²) in [6, 6.07) is 7.90. The van der Waals surface area contributed by atoms with Crippen LogP contribution in [0.3, 0.4) is 0 Å². The Bertz CT molecular complexity index is 952. The van der Waals surface area contributed by atoms with E-state index in [1.807, 2.05) is 40.4 Å². The van der Waals surface area contributed by atoms with E-state index in [0.29, 0.717) is 5.92 Å². The SMILES string of the molecule is CCn1ncnc1[C@@H](NC(=O)Cn1c(C(C)C)nc2ccccc21)C1CC1. The number of rotatable bonds is 7. The molecule has 142 valence electrons. The van der Waals surface area contributed by atoms with Crippen LogP contribution in [0.4, 0.5) is 0 Å². The molecule has 1 saturated carbocycles. The van der Waals surface area contributed by atoms with Crippen molar-refractivity contribution in [3.8, 4) is 0 Å². The number of amides is 1. The normalized spacial score (nSPS) is 15.4. The number of fused-ring (bicyclic) bond motifs is 1. The van der Waals surface area contributed by atoms with Crippen molar-refractivity contribution in [2.24, 2.45) is 5.92 Å². The zero-order valence-corrected chi connectivity index (χ0v) is 16.1. The van der Waals surface area contributed by atoms with Crippen LogP contribution in [0.25, 0.3) is 11.0 Å². The van der Waals surface area contributed by atoms with E-state index in [9.17, 15) is 4.79 Å². The first-order valence-corrected chi connectivity index (χ1v) is 9.70. The number of hydrogen-bond acceptors (Lipinski definition) is 4. The molecule has 2 heterocycles. The molecule has 27 heavy (non-hydrogen) atoms. The first-order chi connectivity index (χ1) is 13.1. The highest BCUT2D eigenvalue weighted by Crippen LogP contribution is 2.40. The van der Waals surface area contributed by atoms with Crippen LogP contribution in [0, 0.1) is 5.92 Å². The molecule has 0 aliphatic heterocycles. The van der Waals surface area contributed by atoms with Crippen LogP contribution < -0.4 is 5.32 Å². The summed E-state index contributed by atoms with van der Waals surface area (Å²) in [5, 5.41) is 7.48. The maximum absolute atomic E-state index is 12.9. The van der Waals surface area contributed by atoms with Gasteiger partial charge in [0, 0.05) is 12.5 Å². The minimum absolute atomic E-state index is 0.0115. The summed E-state index contributed by atoms with van der Waals surface area (Å²) in [6.45, 7) is 7.25. The van der Waals surface area contributed by atoms with Crippen LogP contribution in [0.2, 0.25) is 0 Å². The number of aryl methyl sites for hydroxylation is 1. The second kappa shape index (κ2) is 7.13. The standard InChI is InChI=1S/C20H26N6O/c1-4-26-20(21-12-22-26)18(14-9-10-14)24-17(27)11-25-16-8-6-5-7-15(16)23-19(25)13(2)3/h5-8,12-14,18H,4,9-11H2,1-3H3,(H,24,27)/t18-/m0/s1. The van der Waals surface area contributed by atoms with Gasteiger partial charge in [0.05, 0.1) is 17.1 Å². The van der Waals surface area contributed by atoms with E-state index >= 15 is 0 Å². The third kappa shape index (κ3) is 3.46. The molecule has 0 saturated heterocycles. The molecule has 0 bridgehead atoms. The van der Waals surface area contributed by atoms with Crippen LogP contribution >= 0.6 is 0 Å². The number of imidazole rings is 1. The first-order valence-electron chi connectivity index (χ1n) is 9.70. The smallest absolute Gasteiger partial charge is 0.240 e. The van der Waals surface area contributed by atoms with Gasteiger partial charge in [-0.25, -0.2) is 14.6 Å². The van der Waals surface area contributed by atoms with Crippen LogP contribution in [0.15, 0.2) is 30.6 Å². The summed E-state index contributed by atoms with van der Waals surface area (Å²) in [7, 11) is 0. The molecule has 1 aliphatic rings. The van der Waals surface area contributed by atoms with Gasteiger partial charge in [0.2, 0.25) is 5.91 Å². The minimum Gasteiger partial charge on any atom is -0.344 e. The summed E-state index contributed by atoms with van der Waals surface area (Å²) in [5.74, 6) is 2.47. The van der Waals surface area contributed by atoms with Gasteiger partial charge in [-0.3, -0.25) is 4.79 Å². The number of carbonyl (C=O) groups excluding carboxylic acids is 1. The lowest BCUT2D eigenvalue weighted by atomic mass is 10.1. The van der Waals surface area contributed by atoms with Crippen LogP contribution in [-0.4, -0.2) is 30.2 Å². The fourth-order valence-electron chi connectivity index (χ4n) is 3.64. The zero-order valence-electron chi connectivity index (χ0n) is 16.1. The highest BCUT2D eigenvalue weighted by Gasteiger charge is 2.36. The van der Waals surface area contributed by atoms with Crippen molar-refractivity contribution >= 4 is 16.9 Å². The maximum atomic E-state index is 12.9. The second-order valence-corrected chi connectivity index (χ2v) is 7.52. The number of benzene rings is 1. The molecule has 0 unspecified atom stereocenters. The summed E-state index contributed by atoms with van der Waals surface area (Å²) in [6.07, 6.45) is 3.81. The van der Waals surface area contributed by atoms with Crippen LogP contribution in [-0.2, 0) is 17.9 Å². The molecule has 3 aromatic rings. The van der Waals surface area contributed by atoms with Crippen molar-refractivity contribution in [2.75, 3.05) is 0 Å². The third-order valence-electron chi connectivity index (χ3n) is 5.14. The number of para-hydroxylation sites is 2. The van der Waals surface area contributed by atoms with Gasteiger partial charge >= 0.3 is 0 Å². The molecule has 1 N–H and O–H groups in total. The molecule has 1 atom stereocenters. The summed E-state index contributed by atoms with van der Waals surface area (Å²) in [5.41, 5.74) is 1.93. The molecule has 1 fully saturated rings. The second-order valence-electron chi connectivity index (χ2n) is 7.52. The lowest BCUT2D eigenvalue weighted by molar-refractivity contribution is -0.122. The van der Waals surface area contributed by atoms with Gasteiger partial charge in [-0.1, -0.05) is 26.0 Å². The Morgan fingerprint density at radius 2 is 2.04 bits per heavy atom. The first kappa shape index (κ1) is 17.7. The number of nitrogens with zero attached hydrogens (tertiary/aromatic N) is 5. The Hall–Kier alpha value is -2.70. The Balaban J connectivity index is 1.59. The molecule has 1 amide bonds. The van der Waals surface area contributed by atoms with Gasteiger partial charge in [-0.05, 0) is 37.8 Å². The number of nitrogens with one attached hydrogen (secondary N) is 1. The molecule has 1 aromatic carbocycles. The Morgan fingerprint density at radius 1 is 1.26 bits per heavy atom. The molecule has 7 nitrogen and oxygen atoms in total. The Kier molecular flexibility index (Phi) is 4.68. The molecule has 4 rings (SSSR count). The monoisotopic (exact) mass is 366 g/mol. The van der Waals surface area contributed by atoms with E-state index in [2.05, 4.69) is 29.2 Å². The molecular formula is C20H26N6O.